The third kappa shape index (κ3) is 5.41. The van der Waals surface area contributed by atoms with Gasteiger partial charge in [0.1, 0.15) is 0 Å². The van der Waals surface area contributed by atoms with E-state index in [0.29, 0.717) is 17.9 Å². The van der Waals surface area contributed by atoms with E-state index in [0.717, 1.165) is 6.42 Å². The van der Waals surface area contributed by atoms with Crippen molar-refractivity contribution in [3.8, 4) is 0 Å². The second-order valence-electron chi connectivity index (χ2n) is 12.8. The van der Waals surface area contributed by atoms with Gasteiger partial charge in [-0.2, -0.15) is 0 Å². The van der Waals surface area contributed by atoms with Gasteiger partial charge in [0.2, 0.25) is 0 Å². The normalized spacial score (nSPS) is 24.7. The monoisotopic (exact) mass is 508 g/mol. The molecule has 0 aromatic heterocycles. The molecule has 1 N–H and O–H groups in total. The number of nitrogens with zero attached hydrogens (tertiary/aromatic N) is 1. The Hall–Kier alpha value is -3.00. The first-order valence-corrected chi connectivity index (χ1v) is 14.4. The molecule has 3 atom stereocenters. The van der Waals surface area contributed by atoms with E-state index in [1.165, 1.54) is 52.3 Å². The summed E-state index contributed by atoms with van der Waals surface area (Å²) < 4.78 is 0. The first-order valence-electron chi connectivity index (χ1n) is 14.4. The molecule has 0 saturated heterocycles. The van der Waals surface area contributed by atoms with E-state index in [1.807, 2.05) is 6.08 Å². The van der Waals surface area contributed by atoms with Crippen LogP contribution in [0.2, 0.25) is 0 Å². The highest BCUT2D eigenvalue weighted by Gasteiger charge is 2.38. The largest absolute Gasteiger partial charge is 0.359 e. The molecule has 0 fully saturated rings. The number of hydrogen-bond donors (Lipinski definition) is 1. The van der Waals surface area contributed by atoms with Crippen molar-refractivity contribution in [3.63, 3.8) is 0 Å². The lowest BCUT2D eigenvalue weighted by Gasteiger charge is -2.45. The summed E-state index contributed by atoms with van der Waals surface area (Å²) in [5.41, 5.74) is 9.93. The average molecular weight is 509 g/mol. The van der Waals surface area contributed by atoms with Crippen LogP contribution in [0.15, 0.2) is 96.4 Å². The van der Waals surface area contributed by atoms with Crippen molar-refractivity contribution >= 4 is 11.4 Å². The molecule has 2 aromatic rings. The Balaban J connectivity index is 1.70. The molecule has 2 nitrogen and oxygen atoms in total. The average Bonchev–Trinajstić information content (AvgIpc) is 2.89. The molecule has 0 heterocycles. The van der Waals surface area contributed by atoms with E-state index in [2.05, 4.69) is 139 Å². The molecule has 0 bridgehead atoms. The van der Waals surface area contributed by atoms with Crippen LogP contribution in [-0.2, 0) is 10.8 Å². The van der Waals surface area contributed by atoms with Gasteiger partial charge in [0.15, 0.2) is 0 Å². The van der Waals surface area contributed by atoms with Gasteiger partial charge < -0.3 is 10.2 Å². The summed E-state index contributed by atoms with van der Waals surface area (Å²) in [6.07, 6.45) is 11.8. The van der Waals surface area contributed by atoms with Gasteiger partial charge in [-0.15, -0.1) is 0 Å². The van der Waals surface area contributed by atoms with Crippen molar-refractivity contribution in [2.75, 3.05) is 10.2 Å². The Bertz CT molecular complexity index is 1240. The van der Waals surface area contributed by atoms with Crippen molar-refractivity contribution in [3.05, 3.63) is 108 Å². The maximum Gasteiger partial charge on any atom is 0.0413 e. The number of para-hydroxylation sites is 1. The first kappa shape index (κ1) is 28.0. The maximum absolute atomic E-state index is 4.01. The van der Waals surface area contributed by atoms with Crippen LogP contribution in [0.25, 0.3) is 0 Å². The van der Waals surface area contributed by atoms with E-state index in [1.54, 1.807) is 0 Å². The number of nitrogens with one attached hydrogen (secondary N) is 1. The Morgan fingerprint density at radius 3 is 2.26 bits per heavy atom. The van der Waals surface area contributed by atoms with Crippen LogP contribution in [0.3, 0.4) is 0 Å². The number of benzene rings is 2. The van der Waals surface area contributed by atoms with Crippen molar-refractivity contribution in [1.29, 1.82) is 0 Å². The number of fused-ring (bicyclic) bond motifs is 1. The van der Waals surface area contributed by atoms with Gasteiger partial charge in [-0.3, -0.25) is 0 Å². The van der Waals surface area contributed by atoms with Crippen molar-refractivity contribution in [1.82, 2.24) is 0 Å². The van der Waals surface area contributed by atoms with Crippen molar-refractivity contribution in [2.24, 2.45) is 11.8 Å². The molecule has 0 radical (unpaired) electrons. The minimum Gasteiger partial charge on any atom is -0.359 e. The van der Waals surface area contributed by atoms with Crippen LogP contribution in [0, 0.1) is 11.8 Å². The molecule has 0 aliphatic heterocycles. The minimum atomic E-state index is 0.208. The smallest absolute Gasteiger partial charge is 0.0413 e. The second-order valence-corrected chi connectivity index (χ2v) is 12.8. The molecule has 3 unspecified atom stereocenters. The molecular formula is C36H48N2. The van der Waals surface area contributed by atoms with Crippen LogP contribution in [0.4, 0.5) is 11.4 Å². The third-order valence-electron chi connectivity index (χ3n) is 9.23. The third-order valence-corrected chi connectivity index (χ3v) is 9.23. The highest BCUT2D eigenvalue weighted by Crippen LogP contribution is 2.47. The summed E-state index contributed by atoms with van der Waals surface area (Å²) >= 11 is 0. The molecular weight excluding hydrogens is 460 g/mol. The Morgan fingerprint density at radius 1 is 0.974 bits per heavy atom. The van der Waals surface area contributed by atoms with E-state index >= 15 is 0 Å². The van der Waals surface area contributed by atoms with Crippen LogP contribution in [0.5, 0.6) is 0 Å². The second kappa shape index (κ2) is 11.0. The molecule has 2 aliphatic carbocycles. The Morgan fingerprint density at radius 2 is 1.63 bits per heavy atom. The highest BCUT2D eigenvalue weighted by atomic mass is 15.2. The van der Waals surface area contributed by atoms with Crippen LogP contribution in [0.1, 0.15) is 85.8 Å². The zero-order valence-electron chi connectivity index (χ0n) is 24.9. The van der Waals surface area contributed by atoms with E-state index in [-0.39, 0.29) is 10.8 Å². The molecule has 2 aliphatic rings. The molecule has 2 heteroatoms. The van der Waals surface area contributed by atoms with Gasteiger partial charge in [-0.05, 0) is 97.4 Å². The zero-order chi connectivity index (χ0) is 27.7. The Kier molecular flexibility index (Phi) is 8.12. The molecule has 0 saturated carbocycles. The summed E-state index contributed by atoms with van der Waals surface area (Å²) in [6, 6.07) is 18.3. The molecule has 0 spiro atoms. The summed E-state index contributed by atoms with van der Waals surface area (Å²) in [6.45, 7) is 22.8. The van der Waals surface area contributed by atoms with Gasteiger partial charge >= 0.3 is 0 Å². The van der Waals surface area contributed by atoms with Crippen LogP contribution in [-0.4, -0.2) is 6.04 Å². The lowest BCUT2D eigenvalue weighted by atomic mass is 9.63. The van der Waals surface area contributed by atoms with E-state index in [9.17, 15) is 0 Å². The number of rotatable bonds is 7. The zero-order valence-corrected chi connectivity index (χ0v) is 24.9. The van der Waals surface area contributed by atoms with E-state index < -0.39 is 0 Å². The molecule has 2 aromatic carbocycles. The van der Waals surface area contributed by atoms with Crippen molar-refractivity contribution in [2.45, 2.75) is 91.5 Å². The Labute approximate surface area is 232 Å². The van der Waals surface area contributed by atoms with Gasteiger partial charge in [0.25, 0.3) is 0 Å². The maximum atomic E-state index is 4.01. The first-order chi connectivity index (χ1) is 18.0. The molecule has 4 rings (SSSR count). The molecule has 202 valence electrons. The number of hydrogen-bond acceptors (Lipinski definition) is 2. The number of allylic oxidation sites excluding steroid dienone is 5. The standard InChI is InChI=1S/C36H48N2/c1-10-15-29(16-11-2)38(30-17-13-12-14-18-30)33-23-25(3)34(27(5)26(33)4)37-28-19-20-31-32(24-28)36(8,9)22-21-35(31,6)7/h10-20,24,26-27,33,37H,1,21-23H2,2-9H3/b16-11-,29-15+. The summed E-state index contributed by atoms with van der Waals surface area (Å²) in [4.78, 5) is 2.52. The van der Waals surface area contributed by atoms with Gasteiger partial charge in [-0.1, -0.05) is 90.1 Å². The highest BCUT2D eigenvalue weighted by molar-refractivity contribution is 5.60. The quantitative estimate of drug-likeness (QED) is 0.374. The predicted molar refractivity (Wildman–Crippen MR) is 167 cm³/mol. The molecule has 0 amide bonds. The SMILES string of the molecule is C=C/C=C(\C=C/C)N(c1ccccc1)C1CC(C)=C(Nc2ccc3c(c2)C(C)(C)CCC3(C)C)C(C)C1C. The van der Waals surface area contributed by atoms with Crippen LogP contribution < -0.4 is 10.2 Å². The molecule has 38 heavy (non-hydrogen) atoms. The van der Waals surface area contributed by atoms with Gasteiger partial charge in [0, 0.05) is 34.7 Å². The fourth-order valence-electron chi connectivity index (χ4n) is 6.59. The summed E-state index contributed by atoms with van der Waals surface area (Å²) in [5, 5.41) is 3.92. The number of anilines is 2. The van der Waals surface area contributed by atoms with Crippen LogP contribution >= 0.6 is 0 Å². The van der Waals surface area contributed by atoms with Gasteiger partial charge in [-0.25, -0.2) is 0 Å². The minimum absolute atomic E-state index is 0.208. The fourth-order valence-corrected chi connectivity index (χ4v) is 6.59. The summed E-state index contributed by atoms with van der Waals surface area (Å²) in [7, 11) is 0. The topological polar surface area (TPSA) is 15.3 Å². The fraction of sp³-hybridized carbons (Fsp3) is 0.444. The van der Waals surface area contributed by atoms with Crippen molar-refractivity contribution < 1.29 is 0 Å². The lowest BCUT2D eigenvalue weighted by molar-refractivity contribution is 0.328. The van der Waals surface area contributed by atoms with E-state index in [4.69, 9.17) is 0 Å². The summed E-state index contributed by atoms with van der Waals surface area (Å²) in [5.74, 6) is 0.851. The lowest BCUT2D eigenvalue weighted by Crippen LogP contribution is -2.45. The van der Waals surface area contributed by atoms with Gasteiger partial charge in [0.05, 0.1) is 0 Å². The predicted octanol–water partition coefficient (Wildman–Crippen LogP) is 9.92.